The molecule has 0 aliphatic carbocycles. The van der Waals surface area contributed by atoms with E-state index in [4.69, 9.17) is 4.74 Å². The second-order valence-corrected chi connectivity index (χ2v) is 7.18. The predicted octanol–water partition coefficient (Wildman–Crippen LogP) is 2.46. The van der Waals surface area contributed by atoms with Gasteiger partial charge in [0, 0.05) is 18.8 Å². The zero-order chi connectivity index (χ0) is 14.6. The van der Waals surface area contributed by atoms with Gasteiger partial charge in [-0.2, -0.15) is 0 Å². The Morgan fingerprint density at radius 3 is 2.50 bits per heavy atom. The van der Waals surface area contributed by atoms with Crippen LogP contribution in [0.3, 0.4) is 0 Å². The second kappa shape index (κ2) is 6.89. The topological polar surface area (TPSA) is 42.9 Å². The van der Waals surface area contributed by atoms with Crippen LogP contribution in [0.2, 0.25) is 0 Å². The van der Waals surface area contributed by atoms with Crippen molar-refractivity contribution in [2.24, 2.45) is 5.92 Å². The van der Waals surface area contributed by atoms with Crippen LogP contribution in [0.5, 0.6) is 0 Å². The molecule has 1 heterocycles. The fourth-order valence-electron chi connectivity index (χ4n) is 2.77. The first-order chi connectivity index (χ1) is 9.50. The first kappa shape index (κ1) is 15.8. The van der Waals surface area contributed by atoms with Crippen LogP contribution in [0.25, 0.3) is 0 Å². The fourth-order valence-corrected chi connectivity index (χ4v) is 3.32. The number of quaternary nitrogens is 1. The lowest BCUT2D eigenvalue weighted by molar-refractivity contribution is -0.665. The molecule has 1 fully saturated rings. The molecule has 1 unspecified atom stereocenters. The number of esters is 1. The van der Waals surface area contributed by atoms with Crippen LogP contribution >= 0.6 is 22.6 Å². The quantitative estimate of drug-likeness (QED) is 0.489. The molecule has 110 valence electrons. The van der Waals surface area contributed by atoms with Crippen molar-refractivity contribution in [2.75, 3.05) is 13.1 Å². The summed E-state index contributed by atoms with van der Waals surface area (Å²) < 4.78 is 5.60. The normalized spacial score (nSPS) is 18.6. The summed E-state index contributed by atoms with van der Waals surface area (Å²) in [5.74, 6) is 0.340. The third kappa shape index (κ3) is 3.95. The van der Waals surface area contributed by atoms with Crippen LogP contribution in [0, 0.1) is 5.92 Å². The predicted molar refractivity (Wildman–Crippen MR) is 87.8 cm³/mol. The third-order valence-corrected chi connectivity index (χ3v) is 5.31. The molecule has 0 bridgehead atoms. The SMILES string of the molecule is CC(C)(OC(=O)C(I)c1ccccc1)C1CC[NH2+]CC1. The van der Waals surface area contributed by atoms with E-state index < -0.39 is 0 Å². The van der Waals surface area contributed by atoms with Crippen LogP contribution in [-0.2, 0) is 9.53 Å². The average molecular weight is 388 g/mol. The van der Waals surface area contributed by atoms with Crippen molar-refractivity contribution < 1.29 is 14.8 Å². The smallest absolute Gasteiger partial charge is 0.323 e. The molecule has 1 saturated heterocycles. The number of benzene rings is 1. The maximum absolute atomic E-state index is 12.4. The Balaban J connectivity index is 1.99. The van der Waals surface area contributed by atoms with Gasteiger partial charge in [-0.05, 0) is 19.4 Å². The van der Waals surface area contributed by atoms with Gasteiger partial charge in [-0.1, -0.05) is 52.9 Å². The van der Waals surface area contributed by atoms with Gasteiger partial charge in [0.2, 0.25) is 0 Å². The molecule has 3 nitrogen and oxygen atoms in total. The van der Waals surface area contributed by atoms with Crippen LogP contribution < -0.4 is 5.32 Å². The maximum Gasteiger partial charge on any atom is 0.323 e. The molecule has 0 radical (unpaired) electrons. The van der Waals surface area contributed by atoms with Crippen molar-refractivity contribution in [3.8, 4) is 0 Å². The second-order valence-electron chi connectivity index (χ2n) is 5.94. The number of halogens is 1. The van der Waals surface area contributed by atoms with E-state index in [1.807, 2.05) is 30.3 Å². The molecule has 0 spiro atoms. The number of ether oxygens (including phenoxy) is 1. The third-order valence-electron chi connectivity index (χ3n) is 4.08. The molecular formula is C16H23INO2+. The number of hydrogen-bond donors (Lipinski definition) is 1. The summed E-state index contributed by atoms with van der Waals surface area (Å²) in [5.41, 5.74) is 0.634. The minimum Gasteiger partial charge on any atom is -0.458 e. The summed E-state index contributed by atoms with van der Waals surface area (Å²) in [6, 6.07) is 9.81. The summed E-state index contributed by atoms with van der Waals surface area (Å²) in [4.78, 5) is 12.4. The lowest BCUT2D eigenvalue weighted by atomic mass is 9.83. The molecule has 2 rings (SSSR count). The van der Waals surface area contributed by atoms with Crippen LogP contribution in [0.4, 0.5) is 0 Å². The Labute approximate surface area is 134 Å². The number of carbonyl (C=O) groups excluding carboxylic acids is 1. The monoisotopic (exact) mass is 388 g/mol. The molecule has 20 heavy (non-hydrogen) atoms. The Kier molecular flexibility index (Phi) is 5.43. The molecule has 1 aromatic rings. The largest absolute Gasteiger partial charge is 0.458 e. The molecular weight excluding hydrogens is 365 g/mol. The van der Waals surface area contributed by atoms with Gasteiger partial charge >= 0.3 is 5.97 Å². The number of carbonyl (C=O) groups is 1. The van der Waals surface area contributed by atoms with Crippen molar-refractivity contribution in [3.05, 3.63) is 35.9 Å². The summed E-state index contributed by atoms with van der Waals surface area (Å²) in [6.45, 7) is 6.38. The highest BCUT2D eigenvalue weighted by atomic mass is 127. The van der Waals surface area contributed by atoms with Crippen LogP contribution in [0.15, 0.2) is 30.3 Å². The summed E-state index contributed by atoms with van der Waals surface area (Å²) in [6.07, 6.45) is 2.25. The van der Waals surface area contributed by atoms with Gasteiger partial charge in [0.25, 0.3) is 0 Å². The van der Waals surface area contributed by atoms with Gasteiger partial charge in [-0.3, -0.25) is 4.79 Å². The fraction of sp³-hybridized carbons (Fsp3) is 0.562. The van der Waals surface area contributed by atoms with E-state index in [1.54, 1.807) is 0 Å². The molecule has 1 aliphatic rings. The Hall–Kier alpha value is -0.620. The number of nitrogens with two attached hydrogens (primary N) is 1. The van der Waals surface area contributed by atoms with Crippen molar-refractivity contribution in [2.45, 2.75) is 36.2 Å². The van der Waals surface area contributed by atoms with E-state index >= 15 is 0 Å². The number of rotatable bonds is 4. The molecule has 1 aliphatic heterocycles. The average Bonchev–Trinajstić information content (AvgIpc) is 2.48. The molecule has 2 N–H and O–H groups in total. The van der Waals surface area contributed by atoms with Crippen molar-refractivity contribution >= 4 is 28.6 Å². The highest BCUT2D eigenvalue weighted by Crippen LogP contribution is 2.32. The Bertz CT molecular complexity index is 441. The van der Waals surface area contributed by atoms with Gasteiger partial charge in [-0.15, -0.1) is 0 Å². The van der Waals surface area contributed by atoms with E-state index in [1.165, 1.54) is 0 Å². The molecule has 0 amide bonds. The number of piperidine rings is 1. The van der Waals surface area contributed by atoms with Gasteiger partial charge in [0.05, 0.1) is 13.1 Å². The standard InChI is InChI=1S/C16H22INO2/c1-16(2,13-8-10-18-11-9-13)20-15(19)14(17)12-6-4-3-5-7-12/h3-7,13-14,18H,8-11H2,1-2H3/p+1. The molecule has 0 saturated carbocycles. The zero-order valence-electron chi connectivity index (χ0n) is 12.1. The maximum atomic E-state index is 12.4. The summed E-state index contributed by atoms with van der Waals surface area (Å²) >= 11 is 2.16. The lowest BCUT2D eigenvalue weighted by Crippen LogP contribution is -2.86. The van der Waals surface area contributed by atoms with E-state index in [-0.39, 0.29) is 15.5 Å². The summed E-state index contributed by atoms with van der Waals surface area (Å²) in [5, 5.41) is 2.33. The van der Waals surface area contributed by atoms with Crippen LogP contribution in [-0.4, -0.2) is 24.7 Å². The van der Waals surface area contributed by atoms with E-state index in [0.717, 1.165) is 31.5 Å². The van der Waals surface area contributed by atoms with Crippen LogP contribution in [0.1, 0.15) is 36.2 Å². The number of alkyl halides is 1. The number of hydrogen-bond acceptors (Lipinski definition) is 2. The van der Waals surface area contributed by atoms with Gasteiger partial charge in [0.15, 0.2) is 0 Å². The molecule has 1 aromatic carbocycles. The van der Waals surface area contributed by atoms with Gasteiger partial charge < -0.3 is 10.1 Å². The van der Waals surface area contributed by atoms with Crippen molar-refractivity contribution in [1.29, 1.82) is 0 Å². The van der Waals surface area contributed by atoms with Gasteiger partial charge in [0.1, 0.15) is 9.53 Å². The summed E-state index contributed by atoms with van der Waals surface area (Å²) in [7, 11) is 0. The Morgan fingerprint density at radius 2 is 1.90 bits per heavy atom. The zero-order valence-corrected chi connectivity index (χ0v) is 14.3. The first-order valence-corrected chi connectivity index (χ1v) is 8.49. The van der Waals surface area contributed by atoms with Crippen molar-refractivity contribution in [1.82, 2.24) is 0 Å². The first-order valence-electron chi connectivity index (χ1n) is 7.24. The Morgan fingerprint density at radius 1 is 1.30 bits per heavy atom. The highest BCUT2D eigenvalue weighted by molar-refractivity contribution is 14.1. The van der Waals surface area contributed by atoms with E-state index in [9.17, 15) is 4.79 Å². The van der Waals surface area contributed by atoms with Crippen molar-refractivity contribution in [3.63, 3.8) is 0 Å². The lowest BCUT2D eigenvalue weighted by Gasteiger charge is -2.36. The van der Waals surface area contributed by atoms with E-state index in [0.29, 0.717) is 5.92 Å². The van der Waals surface area contributed by atoms with Gasteiger partial charge in [-0.25, -0.2) is 0 Å². The molecule has 0 aromatic heterocycles. The molecule has 4 heteroatoms. The molecule has 1 atom stereocenters. The highest BCUT2D eigenvalue weighted by Gasteiger charge is 2.36. The minimum absolute atomic E-state index is 0.128. The minimum atomic E-state index is -0.371. The van der Waals surface area contributed by atoms with E-state index in [2.05, 4.69) is 41.8 Å².